The first-order chi connectivity index (χ1) is 10.5. The number of benzene rings is 1. The van der Waals surface area contributed by atoms with Crippen molar-refractivity contribution in [3.63, 3.8) is 0 Å². The highest BCUT2D eigenvalue weighted by molar-refractivity contribution is 5.87. The quantitative estimate of drug-likeness (QED) is 0.331. The molecule has 1 rings (SSSR count). The average Bonchev–Trinajstić information content (AvgIpc) is 2.51. The largest absolute Gasteiger partial charge is 0.504 e. The lowest BCUT2D eigenvalue weighted by molar-refractivity contribution is -0.140. The van der Waals surface area contributed by atoms with Crippen LogP contribution in [0.4, 0.5) is 0 Å². The maximum atomic E-state index is 11.4. The summed E-state index contributed by atoms with van der Waals surface area (Å²) in [6.07, 6.45) is 4.94. The zero-order chi connectivity index (χ0) is 16.4. The third kappa shape index (κ3) is 6.60. The predicted octanol–water partition coefficient (Wildman–Crippen LogP) is 2.16. The van der Waals surface area contributed by atoms with Gasteiger partial charge in [-0.1, -0.05) is 12.6 Å². The zero-order valence-corrected chi connectivity index (χ0v) is 12.0. The Morgan fingerprint density at radius 3 is 2.27 bits per heavy atom. The summed E-state index contributed by atoms with van der Waals surface area (Å²) in [5.74, 6) is -1.48. The van der Waals surface area contributed by atoms with Crippen LogP contribution in [0.1, 0.15) is 18.4 Å². The van der Waals surface area contributed by atoms with E-state index in [4.69, 9.17) is 14.6 Å². The van der Waals surface area contributed by atoms with Gasteiger partial charge in [0.2, 0.25) is 0 Å². The molecule has 0 heterocycles. The summed E-state index contributed by atoms with van der Waals surface area (Å²) < 4.78 is 9.72. The van der Waals surface area contributed by atoms with Crippen molar-refractivity contribution in [2.75, 3.05) is 13.2 Å². The summed E-state index contributed by atoms with van der Waals surface area (Å²) in [6, 6.07) is 4.20. The standard InChI is InChI=1S/C16H18O6/c1-2-15(19)21-9-3-4-10-22-16(20)8-6-12-5-7-13(17)14(18)11-12/h2,5-8,11,17-18H,1,3-4,9-10H2/b8-6+. The highest BCUT2D eigenvalue weighted by Gasteiger charge is 2.01. The number of hydrogen-bond acceptors (Lipinski definition) is 6. The van der Waals surface area contributed by atoms with Crippen molar-refractivity contribution < 1.29 is 29.3 Å². The van der Waals surface area contributed by atoms with E-state index in [0.717, 1.165) is 6.08 Å². The van der Waals surface area contributed by atoms with E-state index in [1.807, 2.05) is 0 Å². The molecule has 0 aromatic heterocycles. The lowest BCUT2D eigenvalue weighted by atomic mass is 10.2. The molecule has 0 spiro atoms. The number of hydrogen-bond donors (Lipinski definition) is 2. The maximum absolute atomic E-state index is 11.4. The Morgan fingerprint density at radius 2 is 1.68 bits per heavy atom. The van der Waals surface area contributed by atoms with Crippen molar-refractivity contribution in [3.8, 4) is 11.5 Å². The average molecular weight is 306 g/mol. The molecule has 2 N–H and O–H groups in total. The summed E-state index contributed by atoms with van der Waals surface area (Å²) in [7, 11) is 0. The van der Waals surface area contributed by atoms with E-state index in [9.17, 15) is 14.7 Å². The van der Waals surface area contributed by atoms with Crippen LogP contribution in [0, 0.1) is 0 Å². The van der Waals surface area contributed by atoms with Crippen molar-refractivity contribution >= 4 is 18.0 Å². The Hall–Kier alpha value is -2.76. The second-order valence-corrected chi connectivity index (χ2v) is 4.33. The minimum Gasteiger partial charge on any atom is -0.504 e. The molecular weight excluding hydrogens is 288 g/mol. The molecule has 22 heavy (non-hydrogen) atoms. The molecule has 0 saturated carbocycles. The van der Waals surface area contributed by atoms with Gasteiger partial charge in [0, 0.05) is 12.2 Å². The number of rotatable bonds is 8. The number of carbonyl (C=O) groups is 2. The summed E-state index contributed by atoms with van der Waals surface area (Å²) in [4.78, 5) is 22.2. The molecule has 0 unspecified atom stereocenters. The van der Waals surface area contributed by atoms with Crippen molar-refractivity contribution in [3.05, 3.63) is 42.5 Å². The van der Waals surface area contributed by atoms with Gasteiger partial charge < -0.3 is 19.7 Å². The normalized spacial score (nSPS) is 10.4. The van der Waals surface area contributed by atoms with E-state index < -0.39 is 11.9 Å². The second-order valence-electron chi connectivity index (χ2n) is 4.33. The maximum Gasteiger partial charge on any atom is 0.330 e. The molecule has 1 aromatic rings. The zero-order valence-electron chi connectivity index (χ0n) is 12.0. The van der Waals surface area contributed by atoms with Crippen LogP contribution in [0.25, 0.3) is 6.08 Å². The van der Waals surface area contributed by atoms with Gasteiger partial charge in [-0.3, -0.25) is 0 Å². The molecular formula is C16H18O6. The third-order valence-electron chi connectivity index (χ3n) is 2.61. The molecule has 6 nitrogen and oxygen atoms in total. The van der Waals surface area contributed by atoms with Gasteiger partial charge in [0.25, 0.3) is 0 Å². The molecule has 0 aliphatic heterocycles. The van der Waals surface area contributed by atoms with Gasteiger partial charge in [-0.2, -0.15) is 0 Å². The molecule has 0 fully saturated rings. The van der Waals surface area contributed by atoms with Crippen molar-refractivity contribution in [1.82, 2.24) is 0 Å². The van der Waals surface area contributed by atoms with Crippen LogP contribution >= 0.6 is 0 Å². The summed E-state index contributed by atoms with van der Waals surface area (Å²) in [5, 5.41) is 18.5. The molecule has 0 saturated heterocycles. The van der Waals surface area contributed by atoms with Crippen LogP contribution in [0.15, 0.2) is 36.9 Å². The van der Waals surface area contributed by atoms with Crippen molar-refractivity contribution in [1.29, 1.82) is 0 Å². The van der Waals surface area contributed by atoms with Gasteiger partial charge in [-0.15, -0.1) is 0 Å². The minimum atomic E-state index is -0.518. The second kappa shape index (κ2) is 9.23. The van der Waals surface area contributed by atoms with E-state index in [1.165, 1.54) is 24.3 Å². The fourth-order valence-electron chi connectivity index (χ4n) is 1.47. The van der Waals surface area contributed by atoms with Gasteiger partial charge in [0.05, 0.1) is 13.2 Å². The topological polar surface area (TPSA) is 93.1 Å². The van der Waals surface area contributed by atoms with Crippen molar-refractivity contribution in [2.45, 2.75) is 12.8 Å². The SMILES string of the molecule is C=CC(=O)OCCCCOC(=O)/C=C/c1ccc(O)c(O)c1. The summed E-state index contributed by atoms with van der Waals surface area (Å²) in [5.41, 5.74) is 0.559. The van der Waals surface area contributed by atoms with Crippen LogP contribution in [-0.2, 0) is 19.1 Å². The first-order valence-electron chi connectivity index (χ1n) is 6.69. The molecule has 0 aliphatic carbocycles. The fraction of sp³-hybridized carbons (Fsp3) is 0.250. The van der Waals surface area contributed by atoms with Gasteiger partial charge in [-0.05, 0) is 36.6 Å². The van der Waals surface area contributed by atoms with Crippen LogP contribution in [0.2, 0.25) is 0 Å². The van der Waals surface area contributed by atoms with E-state index in [0.29, 0.717) is 18.4 Å². The number of ether oxygens (including phenoxy) is 2. The molecule has 0 atom stereocenters. The highest BCUT2D eigenvalue weighted by atomic mass is 16.5. The fourth-order valence-corrected chi connectivity index (χ4v) is 1.47. The molecule has 0 bridgehead atoms. The van der Waals surface area contributed by atoms with Gasteiger partial charge in [0.15, 0.2) is 11.5 Å². The van der Waals surface area contributed by atoms with Crippen LogP contribution < -0.4 is 0 Å². The number of esters is 2. The van der Waals surface area contributed by atoms with Gasteiger partial charge in [0.1, 0.15) is 0 Å². The lowest BCUT2D eigenvalue weighted by Crippen LogP contribution is -2.05. The molecule has 0 radical (unpaired) electrons. The lowest BCUT2D eigenvalue weighted by Gasteiger charge is -2.03. The summed E-state index contributed by atoms with van der Waals surface area (Å²) in [6.45, 7) is 3.75. The van der Waals surface area contributed by atoms with Crippen LogP contribution in [0.5, 0.6) is 11.5 Å². The monoisotopic (exact) mass is 306 g/mol. The van der Waals surface area contributed by atoms with Gasteiger partial charge in [-0.25, -0.2) is 9.59 Å². The van der Waals surface area contributed by atoms with E-state index >= 15 is 0 Å². The molecule has 118 valence electrons. The highest BCUT2D eigenvalue weighted by Crippen LogP contribution is 2.25. The number of phenolic OH excluding ortho intramolecular Hbond substituents is 2. The summed E-state index contributed by atoms with van der Waals surface area (Å²) >= 11 is 0. The van der Waals surface area contributed by atoms with E-state index in [1.54, 1.807) is 6.07 Å². The van der Waals surface area contributed by atoms with E-state index in [2.05, 4.69) is 6.58 Å². The minimum absolute atomic E-state index is 0.218. The first-order valence-corrected chi connectivity index (χ1v) is 6.69. The number of phenols is 2. The third-order valence-corrected chi connectivity index (χ3v) is 2.61. The molecule has 6 heteroatoms. The Morgan fingerprint density at radius 1 is 1.05 bits per heavy atom. The van der Waals surface area contributed by atoms with Crippen LogP contribution in [0.3, 0.4) is 0 Å². The predicted molar refractivity (Wildman–Crippen MR) is 80.2 cm³/mol. The van der Waals surface area contributed by atoms with E-state index in [-0.39, 0.29) is 24.7 Å². The van der Waals surface area contributed by atoms with Crippen molar-refractivity contribution in [2.24, 2.45) is 0 Å². The smallest absolute Gasteiger partial charge is 0.330 e. The molecule has 0 amide bonds. The first kappa shape index (κ1) is 17.3. The number of aromatic hydroxyl groups is 2. The Balaban J connectivity index is 2.23. The Kier molecular flexibility index (Phi) is 7.25. The Labute approximate surface area is 128 Å². The molecule has 0 aliphatic rings. The van der Waals surface area contributed by atoms with Gasteiger partial charge >= 0.3 is 11.9 Å². The molecule has 1 aromatic carbocycles. The van der Waals surface area contributed by atoms with Crippen LogP contribution in [-0.4, -0.2) is 35.4 Å². The number of unbranched alkanes of at least 4 members (excludes halogenated alkanes) is 1. The Bertz CT molecular complexity index is 562. The number of carbonyl (C=O) groups excluding carboxylic acids is 2.